The first-order chi connectivity index (χ1) is 8.65. The van der Waals surface area contributed by atoms with Crippen molar-refractivity contribution in [1.82, 2.24) is 0 Å². The highest BCUT2D eigenvalue weighted by atomic mass is 32.2. The zero-order valence-corrected chi connectivity index (χ0v) is 13.8. The molecule has 0 N–H and O–H groups in total. The maximum Gasteiger partial charge on any atom is 0.168 e. The fourth-order valence-corrected chi connectivity index (χ4v) is 2.81. The Labute approximate surface area is 119 Å². The molecule has 0 aliphatic heterocycles. The summed E-state index contributed by atoms with van der Waals surface area (Å²) in [6, 6.07) is 5.82. The molecule has 0 atom stereocenters. The lowest BCUT2D eigenvalue weighted by atomic mass is 9.77. The summed E-state index contributed by atoms with van der Waals surface area (Å²) in [5.41, 5.74) is 2.12. The summed E-state index contributed by atoms with van der Waals surface area (Å²) in [7, 11) is -2.54. The molecule has 2 nitrogen and oxygen atoms in total. The van der Waals surface area contributed by atoms with Crippen LogP contribution in [0.5, 0.6) is 0 Å². The zero-order valence-electron chi connectivity index (χ0n) is 12.9. The Kier molecular flexibility index (Phi) is 4.83. The van der Waals surface area contributed by atoms with E-state index in [9.17, 15) is 8.42 Å². The predicted molar refractivity (Wildman–Crippen MR) is 81.7 cm³/mol. The van der Waals surface area contributed by atoms with E-state index in [4.69, 9.17) is 0 Å². The Bertz CT molecular complexity index is 518. The molecule has 1 aromatic rings. The van der Waals surface area contributed by atoms with Gasteiger partial charge in [0.2, 0.25) is 0 Å². The Hall–Kier alpha value is -0.830. The summed E-state index contributed by atoms with van der Waals surface area (Å²) in [4.78, 5) is 0.470. The molecule has 108 valence electrons. The van der Waals surface area contributed by atoms with Gasteiger partial charge in [-0.1, -0.05) is 53.7 Å². The van der Waals surface area contributed by atoms with Gasteiger partial charge < -0.3 is 0 Å². The van der Waals surface area contributed by atoms with Crippen LogP contribution in [-0.2, 0) is 21.5 Å². The number of rotatable bonds is 5. The van der Waals surface area contributed by atoms with E-state index < -0.39 is 10.7 Å². The van der Waals surface area contributed by atoms with Gasteiger partial charge in [-0.2, -0.15) is 0 Å². The van der Waals surface area contributed by atoms with E-state index in [1.807, 2.05) is 6.07 Å². The van der Waals surface area contributed by atoms with Crippen LogP contribution in [0, 0.1) is 0 Å². The van der Waals surface area contributed by atoms with Crippen molar-refractivity contribution in [1.29, 1.82) is 0 Å². The average molecular weight is 282 g/mol. The third-order valence-corrected chi connectivity index (χ3v) is 5.25. The van der Waals surface area contributed by atoms with Crippen molar-refractivity contribution in [2.45, 2.75) is 70.1 Å². The fraction of sp³-hybridized carbons (Fsp3) is 0.625. The van der Waals surface area contributed by atoms with Crippen LogP contribution >= 0.6 is 0 Å². The quantitative estimate of drug-likeness (QED) is 0.827. The standard InChI is InChI=1S/C16H26O2S/c1-7-15(3,4)12-9-10-14(19(17)18)13(11-12)16(5,6)8-2/h9-11,19H,7-8H2,1-6H3. The van der Waals surface area contributed by atoms with Crippen LogP contribution in [0.1, 0.15) is 65.5 Å². The van der Waals surface area contributed by atoms with Crippen molar-refractivity contribution in [3.05, 3.63) is 29.3 Å². The highest BCUT2D eigenvalue weighted by molar-refractivity contribution is 7.72. The van der Waals surface area contributed by atoms with E-state index in [0.29, 0.717) is 4.90 Å². The summed E-state index contributed by atoms with van der Waals surface area (Å²) in [5.74, 6) is 0. The van der Waals surface area contributed by atoms with Gasteiger partial charge in [0.1, 0.15) is 0 Å². The van der Waals surface area contributed by atoms with E-state index >= 15 is 0 Å². The van der Waals surface area contributed by atoms with Crippen LogP contribution in [0.2, 0.25) is 0 Å². The maximum absolute atomic E-state index is 11.5. The molecule has 0 unspecified atom stereocenters. The van der Waals surface area contributed by atoms with Gasteiger partial charge in [-0.3, -0.25) is 0 Å². The Balaban J connectivity index is 3.52. The first-order valence-electron chi connectivity index (χ1n) is 6.95. The van der Waals surface area contributed by atoms with Gasteiger partial charge in [0, 0.05) is 0 Å². The second-order valence-electron chi connectivity index (χ2n) is 6.46. The van der Waals surface area contributed by atoms with Gasteiger partial charge in [0.15, 0.2) is 10.7 Å². The monoisotopic (exact) mass is 282 g/mol. The minimum atomic E-state index is -2.54. The molecule has 0 heterocycles. The molecule has 0 fully saturated rings. The van der Waals surface area contributed by atoms with Crippen molar-refractivity contribution in [2.24, 2.45) is 0 Å². The molecule has 0 aliphatic rings. The molecule has 1 aromatic carbocycles. The Morgan fingerprint density at radius 3 is 1.89 bits per heavy atom. The molecule has 0 amide bonds. The van der Waals surface area contributed by atoms with Gasteiger partial charge >= 0.3 is 0 Å². The molecule has 0 spiro atoms. The molecule has 0 saturated carbocycles. The molecular weight excluding hydrogens is 256 g/mol. The first kappa shape index (κ1) is 16.2. The fourth-order valence-electron chi connectivity index (χ4n) is 2.05. The summed E-state index contributed by atoms with van der Waals surface area (Å²) >= 11 is 0. The van der Waals surface area contributed by atoms with Crippen molar-refractivity contribution in [3.8, 4) is 0 Å². The van der Waals surface area contributed by atoms with E-state index in [1.54, 1.807) is 6.07 Å². The highest BCUT2D eigenvalue weighted by Gasteiger charge is 2.26. The van der Waals surface area contributed by atoms with Crippen molar-refractivity contribution < 1.29 is 8.42 Å². The lowest BCUT2D eigenvalue weighted by molar-refractivity contribution is 0.480. The molecule has 0 radical (unpaired) electrons. The molecule has 0 aliphatic carbocycles. The lowest BCUT2D eigenvalue weighted by Gasteiger charge is -2.29. The van der Waals surface area contributed by atoms with E-state index in [2.05, 4.69) is 47.6 Å². The van der Waals surface area contributed by atoms with E-state index in [0.717, 1.165) is 18.4 Å². The van der Waals surface area contributed by atoms with Crippen LogP contribution in [-0.4, -0.2) is 8.42 Å². The van der Waals surface area contributed by atoms with Crippen LogP contribution < -0.4 is 0 Å². The van der Waals surface area contributed by atoms with Crippen LogP contribution in [0.3, 0.4) is 0 Å². The van der Waals surface area contributed by atoms with Crippen molar-refractivity contribution in [2.75, 3.05) is 0 Å². The number of hydrogen-bond donors (Lipinski definition) is 1. The Morgan fingerprint density at radius 2 is 1.47 bits per heavy atom. The van der Waals surface area contributed by atoms with Gasteiger partial charge in [-0.15, -0.1) is 0 Å². The summed E-state index contributed by atoms with van der Waals surface area (Å²) in [6.07, 6.45) is 1.95. The van der Waals surface area contributed by atoms with E-state index in [1.165, 1.54) is 5.56 Å². The van der Waals surface area contributed by atoms with Gasteiger partial charge in [0.25, 0.3) is 0 Å². The number of thiol groups is 1. The largest absolute Gasteiger partial charge is 0.227 e. The number of benzene rings is 1. The number of hydrogen-bond acceptors (Lipinski definition) is 2. The summed E-state index contributed by atoms with van der Waals surface area (Å²) < 4.78 is 22.9. The first-order valence-corrected chi connectivity index (χ1v) is 8.13. The topological polar surface area (TPSA) is 34.1 Å². The third kappa shape index (κ3) is 3.38. The highest BCUT2D eigenvalue weighted by Crippen LogP contribution is 2.35. The molecule has 3 heteroatoms. The lowest BCUT2D eigenvalue weighted by Crippen LogP contribution is -2.21. The molecule has 1 rings (SSSR count). The predicted octanol–water partition coefficient (Wildman–Crippen LogP) is 4.03. The zero-order chi connectivity index (χ0) is 14.8. The average Bonchev–Trinajstić information content (AvgIpc) is 2.37. The second-order valence-corrected chi connectivity index (χ2v) is 7.46. The van der Waals surface area contributed by atoms with Crippen LogP contribution in [0.15, 0.2) is 23.1 Å². The molecule has 0 bridgehead atoms. The van der Waals surface area contributed by atoms with Gasteiger partial charge in [-0.05, 0) is 40.9 Å². The molecule has 19 heavy (non-hydrogen) atoms. The molecule has 0 aromatic heterocycles. The molecule has 0 saturated heterocycles. The van der Waals surface area contributed by atoms with Crippen LogP contribution in [0.4, 0.5) is 0 Å². The van der Waals surface area contributed by atoms with E-state index in [-0.39, 0.29) is 10.8 Å². The van der Waals surface area contributed by atoms with Gasteiger partial charge in [0.05, 0.1) is 4.90 Å². The summed E-state index contributed by atoms with van der Waals surface area (Å²) in [6.45, 7) is 12.9. The van der Waals surface area contributed by atoms with Gasteiger partial charge in [-0.25, -0.2) is 8.42 Å². The third-order valence-electron chi connectivity index (χ3n) is 4.47. The van der Waals surface area contributed by atoms with Crippen LogP contribution in [0.25, 0.3) is 0 Å². The minimum Gasteiger partial charge on any atom is -0.227 e. The smallest absolute Gasteiger partial charge is 0.168 e. The van der Waals surface area contributed by atoms with Crippen molar-refractivity contribution >= 4 is 10.7 Å². The maximum atomic E-state index is 11.5. The second kappa shape index (κ2) is 5.66. The summed E-state index contributed by atoms with van der Waals surface area (Å²) in [5, 5.41) is 0. The molecular formula is C16H26O2S. The SMILES string of the molecule is CCC(C)(C)c1ccc([SH](=O)=O)c(C(C)(C)CC)c1. The Morgan fingerprint density at radius 1 is 0.947 bits per heavy atom. The minimum absolute atomic E-state index is 0.0750. The van der Waals surface area contributed by atoms with Crippen molar-refractivity contribution in [3.63, 3.8) is 0 Å². The normalized spacial score (nSPS) is 13.0.